The molecule has 102 valence electrons. The summed E-state index contributed by atoms with van der Waals surface area (Å²) in [4.78, 5) is 13.1. The number of carbonyl (C=O) groups is 1. The Balaban J connectivity index is 2.06. The first kappa shape index (κ1) is 13.0. The van der Waals surface area contributed by atoms with Gasteiger partial charge in [0.25, 0.3) is 0 Å². The molecule has 4 nitrogen and oxygen atoms in total. The van der Waals surface area contributed by atoms with Gasteiger partial charge >= 0.3 is 0 Å². The van der Waals surface area contributed by atoms with E-state index in [4.69, 9.17) is 4.42 Å². The van der Waals surface area contributed by atoms with Gasteiger partial charge in [0.1, 0.15) is 10.5 Å². The third kappa shape index (κ3) is 2.14. The van der Waals surface area contributed by atoms with Crippen LogP contribution in [-0.4, -0.2) is 15.4 Å². The van der Waals surface area contributed by atoms with Gasteiger partial charge in [0, 0.05) is 5.39 Å². The molecule has 0 aliphatic heterocycles. The molecule has 0 N–H and O–H groups in total. The number of fused-ring (bicyclic) bond motifs is 1. The molecule has 3 rings (SSSR count). The van der Waals surface area contributed by atoms with E-state index < -0.39 is 0 Å². The van der Waals surface area contributed by atoms with Gasteiger partial charge in [-0.05, 0) is 42.6 Å². The van der Waals surface area contributed by atoms with Crippen LogP contribution in [0.2, 0.25) is 0 Å². The van der Waals surface area contributed by atoms with Crippen LogP contribution in [0.3, 0.4) is 0 Å². The molecule has 0 aliphatic rings. The van der Waals surface area contributed by atoms with Gasteiger partial charge in [-0.25, -0.2) is 0 Å². The molecule has 20 heavy (non-hydrogen) atoms. The first-order valence-electron chi connectivity index (χ1n) is 6.43. The van der Waals surface area contributed by atoms with Crippen molar-refractivity contribution in [3.05, 3.63) is 46.2 Å². The summed E-state index contributed by atoms with van der Waals surface area (Å²) < 4.78 is 9.53. The van der Waals surface area contributed by atoms with Crippen molar-refractivity contribution in [2.24, 2.45) is 0 Å². The minimum Gasteiger partial charge on any atom is -0.453 e. The van der Waals surface area contributed by atoms with E-state index in [9.17, 15) is 4.79 Å². The van der Waals surface area contributed by atoms with Crippen molar-refractivity contribution in [3.63, 3.8) is 0 Å². The quantitative estimate of drug-likeness (QED) is 0.684. The Bertz CT molecular complexity index is 786. The van der Waals surface area contributed by atoms with Crippen LogP contribution in [0.4, 0.5) is 0 Å². The lowest BCUT2D eigenvalue weighted by atomic mass is 10.1. The third-order valence-corrected chi connectivity index (χ3v) is 3.90. The predicted molar refractivity (Wildman–Crippen MR) is 78.4 cm³/mol. The van der Waals surface area contributed by atoms with E-state index in [1.807, 2.05) is 39.0 Å². The van der Waals surface area contributed by atoms with E-state index >= 15 is 0 Å². The minimum absolute atomic E-state index is 0.141. The lowest BCUT2D eigenvalue weighted by Crippen LogP contribution is -2.02. The highest BCUT2D eigenvalue weighted by molar-refractivity contribution is 7.08. The molecular weight excluding hydrogens is 272 g/mol. The van der Waals surface area contributed by atoms with Crippen LogP contribution in [0, 0.1) is 6.92 Å². The molecule has 0 fully saturated rings. The van der Waals surface area contributed by atoms with Gasteiger partial charge in [-0.3, -0.25) is 4.79 Å². The minimum atomic E-state index is -0.141. The molecule has 0 amide bonds. The second-order valence-electron chi connectivity index (χ2n) is 5.12. The number of rotatable bonds is 3. The number of benzene rings is 1. The van der Waals surface area contributed by atoms with Crippen molar-refractivity contribution in [1.29, 1.82) is 0 Å². The van der Waals surface area contributed by atoms with Crippen molar-refractivity contribution >= 4 is 28.3 Å². The van der Waals surface area contributed by atoms with Crippen molar-refractivity contribution in [3.8, 4) is 0 Å². The van der Waals surface area contributed by atoms with Crippen molar-refractivity contribution in [1.82, 2.24) is 9.59 Å². The van der Waals surface area contributed by atoms with Gasteiger partial charge < -0.3 is 4.42 Å². The van der Waals surface area contributed by atoms with Gasteiger partial charge in [0.2, 0.25) is 5.78 Å². The highest BCUT2D eigenvalue weighted by Crippen LogP contribution is 2.26. The molecule has 5 heteroatoms. The number of aryl methyl sites for hydroxylation is 1. The molecule has 2 heterocycles. The summed E-state index contributed by atoms with van der Waals surface area (Å²) in [6, 6.07) is 7.64. The summed E-state index contributed by atoms with van der Waals surface area (Å²) >= 11 is 1.12. The summed E-state index contributed by atoms with van der Waals surface area (Å²) in [7, 11) is 0. The van der Waals surface area contributed by atoms with Gasteiger partial charge in [-0.2, -0.15) is 0 Å². The summed E-state index contributed by atoms with van der Waals surface area (Å²) in [6.45, 7) is 6.00. The Hall–Kier alpha value is -2.01. The predicted octanol–water partition coefficient (Wildman–Crippen LogP) is 3.95. The largest absolute Gasteiger partial charge is 0.453 e. The molecule has 0 aliphatic carbocycles. The van der Waals surface area contributed by atoms with Crippen molar-refractivity contribution in [2.45, 2.75) is 26.7 Å². The standard InChI is InChI=1S/C15H14N2O2S/c1-8(2)13-15(20-17-16-13)14(18)12-7-10-6-9(3)4-5-11(10)19-12/h4-8H,1-3H3. The molecule has 0 saturated heterocycles. The van der Waals surface area contributed by atoms with Crippen LogP contribution in [0.15, 0.2) is 28.7 Å². The monoisotopic (exact) mass is 286 g/mol. The van der Waals surface area contributed by atoms with Crippen LogP contribution in [-0.2, 0) is 0 Å². The number of carbonyl (C=O) groups excluding carboxylic acids is 1. The van der Waals surface area contributed by atoms with Crippen LogP contribution >= 0.6 is 11.5 Å². The van der Waals surface area contributed by atoms with Crippen molar-refractivity contribution < 1.29 is 9.21 Å². The Kier molecular flexibility index (Phi) is 3.14. The average molecular weight is 286 g/mol. The fourth-order valence-electron chi connectivity index (χ4n) is 2.12. The first-order chi connectivity index (χ1) is 9.56. The highest BCUT2D eigenvalue weighted by atomic mass is 32.1. The van der Waals surface area contributed by atoms with E-state index in [0.717, 1.165) is 33.8 Å². The maximum Gasteiger partial charge on any atom is 0.241 e. The summed E-state index contributed by atoms with van der Waals surface area (Å²) in [5.74, 6) is 0.371. The molecule has 0 unspecified atom stereocenters. The first-order valence-corrected chi connectivity index (χ1v) is 7.20. The lowest BCUT2D eigenvalue weighted by molar-refractivity contribution is 0.101. The number of aromatic nitrogens is 2. The zero-order valence-corrected chi connectivity index (χ0v) is 12.3. The lowest BCUT2D eigenvalue weighted by Gasteiger charge is -2.00. The fraction of sp³-hybridized carbons (Fsp3) is 0.267. The van der Waals surface area contributed by atoms with Gasteiger partial charge in [0.15, 0.2) is 5.76 Å². The summed E-state index contributed by atoms with van der Waals surface area (Å²) in [5.41, 5.74) is 2.60. The van der Waals surface area contributed by atoms with Crippen LogP contribution in [0.25, 0.3) is 11.0 Å². The fourth-order valence-corrected chi connectivity index (χ4v) is 2.88. The van der Waals surface area contributed by atoms with Crippen LogP contribution < -0.4 is 0 Å². The van der Waals surface area contributed by atoms with Gasteiger partial charge in [-0.15, -0.1) is 5.10 Å². The molecule has 0 spiro atoms. The smallest absolute Gasteiger partial charge is 0.241 e. The van der Waals surface area contributed by atoms with Crippen molar-refractivity contribution in [2.75, 3.05) is 0 Å². The molecule has 3 aromatic rings. The second kappa shape index (κ2) is 4.83. The molecule has 2 aromatic heterocycles. The number of hydrogen-bond acceptors (Lipinski definition) is 5. The van der Waals surface area contributed by atoms with Gasteiger partial charge in [0.05, 0.1) is 5.69 Å². The summed E-state index contributed by atoms with van der Waals surface area (Å²) in [5, 5.41) is 4.98. The molecule has 0 atom stereocenters. The number of hydrogen-bond donors (Lipinski definition) is 0. The van der Waals surface area contributed by atoms with Crippen LogP contribution in [0.5, 0.6) is 0 Å². The topological polar surface area (TPSA) is 56.0 Å². The average Bonchev–Trinajstić information content (AvgIpc) is 3.03. The Morgan fingerprint density at radius 2 is 2.10 bits per heavy atom. The van der Waals surface area contributed by atoms with Gasteiger partial charge in [-0.1, -0.05) is 30.0 Å². The van der Waals surface area contributed by atoms with E-state index in [1.54, 1.807) is 6.07 Å². The zero-order valence-electron chi connectivity index (χ0n) is 11.5. The SMILES string of the molecule is Cc1ccc2oc(C(=O)c3snnc3C(C)C)cc2c1. The Morgan fingerprint density at radius 3 is 2.85 bits per heavy atom. The highest BCUT2D eigenvalue weighted by Gasteiger charge is 2.23. The maximum atomic E-state index is 12.5. The molecule has 1 aromatic carbocycles. The molecule has 0 saturated carbocycles. The van der Waals surface area contributed by atoms with E-state index in [2.05, 4.69) is 9.59 Å². The van der Waals surface area contributed by atoms with E-state index in [-0.39, 0.29) is 11.7 Å². The number of furan rings is 1. The Morgan fingerprint density at radius 1 is 1.30 bits per heavy atom. The zero-order chi connectivity index (χ0) is 14.3. The van der Waals surface area contributed by atoms with E-state index in [0.29, 0.717) is 10.6 Å². The van der Waals surface area contributed by atoms with Crippen LogP contribution in [0.1, 0.15) is 46.5 Å². The second-order valence-corrected chi connectivity index (χ2v) is 5.88. The number of ketones is 1. The number of nitrogens with zero attached hydrogens (tertiary/aromatic N) is 2. The Labute approximate surface area is 120 Å². The van der Waals surface area contributed by atoms with E-state index in [1.165, 1.54) is 0 Å². The normalized spacial score (nSPS) is 11.4. The summed E-state index contributed by atoms with van der Waals surface area (Å²) in [6.07, 6.45) is 0. The third-order valence-electron chi connectivity index (χ3n) is 3.16. The molecular formula is C15H14N2O2S. The maximum absolute atomic E-state index is 12.5. The molecule has 0 bridgehead atoms. The molecule has 0 radical (unpaired) electrons.